The maximum Gasteiger partial charge on any atom is 0.412 e. The Morgan fingerprint density at radius 3 is 2.38 bits per heavy atom. The van der Waals surface area contributed by atoms with Gasteiger partial charge >= 0.3 is 6.09 Å². The quantitative estimate of drug-likeness (QED) is 0.863. The third-order valence-electron chi connectivity index (χ3n) is 3.90. The van der Waals surface area contributed by atoms with Crippen LogP contribution in [0, 0.1) is 5.41 Å². The van der Waals surface area contributed by atoms with Gasteiger partial charge in [0.2, 0.25) is 0 Å². The summed E-state index contributed by atoms with van der Waals surface area (Å²) in [5, 5.41) is 3.15. The van der Waals surface area contributed by atoms with Crippen LogP contribution in [0.5, 0.6) is 0 Å². The molecule has 4 nitrogen and oxygen atoms in total. The molecule has 5 heteroatoms. The van der Waals surface area contributed by atoms with Crippen LogP contribution in [0.4, 0.5) is 10.5 Å². The lowest BCUT2D eigenvalue weighted by Gasteiger charge is -2.20. The minimum Gasteiger partial charge on any atom is -0.444 e. The van der Waals surface area contributed by atoms with E-state index in [2.05, 4.69) is 19.2 Å². The first kappa shape index (κ1) is 16.1. The van der Waals surface area contributed by atoms with E-state index in [1.807, 2.05) is 32.9 Å². The van der Waals surface area contributed by atoms with Gasteiger partial charge < -0.3 is 10.5 Å². The van der Waals surface area contributed by atoms with Crippen LogP contribution >= 0.6 is 11.6 Å². The van der Waals surface area contributed by atoms with Gasteiger partial charge in [-0.15, -0.1) is 0 Å². The number of nitrogens with two attached hydrogens (primary N) is 1. The molecule has 1 saturated carbocycles. The van der Waals surface area contributed by atoms with Crippen molar-refractivity contribution in [2.24, 2.45) is 11.1 Å². The van der Waals surface area contributed by atoms with E-state index >= 15 is 0 Å². The smallest absolute Gasteiger partial charge is 0.412 e. The maximum atomic E-state index is 11.8. The highest BCUT2D eigenvalue weighted by molar-refractivity contribution is 6.33. The normalized spacial score (nSPS) is 23.6. The van der Waals surface area contributed by atoms with Crippen LogP contribution in [0.25, 0.3) is 0 Å². The molecule has 0 unspecified atom stereocenters. The van der Waals surface area contributed by atoms with Crippen molar-refractivity contribution in [1.29, 1.82) is 0 Å². The molecule has 1 aliphatic rings. The summed E-state index contributed by atoms with van der Waals surface area (Å²) in [5.41, 5.74) is 7.29. The van der Waals surface area contributed by atoms with Gasteiger partial charge in [0.15, 0.2) is 0 Å². The van der Waals surface area contributed by atoms with Crippen molar-refractivity contribution in [1.82, 2.24) is 0 Å². The number of rotatable bonds is 2. The Balaban J connectivity index is 2.09. The Morgan fingerprint density at radius 1 is 1.38 bits per heavy atom. The van der Waals surface area contributed by atoms with Gasteiger partial charge in [-0.05, 0) is 43.9 Å². The third-order valence-corrected chi connectivity index (χ3v) is 4.21. The number of anilines is 1. The van der Waals surface area contributed by atoms with Crippen molar-refractivity contribution in [2.45, 2.75) is 52.2 Å². The number of hydrogen-bond donors (Lipinski definition) is 2. The largest absolute Gasteiger partial charge is 0.444 e. The number of halogens is 1. The number of hydrogen-bond acceptors (Lipinski definition) is 3. The fraction of sp³-hybridized carbons (Fsp3) is 0.562. The van der Waals surface area contributed by atoms with Crippen LogP contribution in [-0.4, -0.2) is 17.7 Å². The van der Waals surface area contributed by atoms with Crippen LogP contribution in [0.15, 0.2) is 18.2 Å². The topological polar surface area (TPSA) is 64.3 Å². The summed E-state index contributed by atoms with van der Waals surface area (Å²) in [4.78, 5) is 11.8. The molecule has 1 aliphatic carbocycles. The summed E-state index contributed by atoms with van der Waals surface area (Å²) in [6, 6.07) is 5.77. The zero-order chi connectivity index (χ0) is 16.0. The molecule has 3 N–H and O–H groups in total. The lowest BCUT2D eigenvalue weighted by molar-refractivity contribution is 0.0636. The number of carbonyl (C=O) groups is 1. The van der Waals surface area contributed by atoms with Crippen LogP contribution < -0.4 is 11.1 Å². The minimum atomic E-state index is -0.540. The van der Waals surface area contributed by atoms with Crippen molar-refractivity contribution in [3.05, 3.63) is 28.8 Å². The summed E-state index contributed by atoms with van der Waals surface area (Å²) >= 11 is 6.25. The van der Waals surface area contributed by atoms with E-state index < -0.39 is 11.7 Å². The lowest BCUT2D eigenvalue weighted by Crippen LogP contribution is -2.27. The van der Waals surface area contributed by atoms with E-state index in [1.165, 1.54) is 0 Å². The van der Waals surface area contributed by atoms with Gasteiger partial charge in [0.05, 0.1) is 10.7 Å². The highest BCUT2D eigenvalue weighted by atomic mass is 35.5. The number of benzene rings is 1. The third kappa shape index (κ3) is 3.50. The zero-order valence-electron chi connectivity index (χ0n) is 13.2. The molecule has 0 radical (unpaired) electrons. The van der Waals surface area contributed by atoms with Gasteiger partial charge in [0.25, 0.3) is 0 Å². The van der Waals surface area contributed by atoms with Gasteiger partial charge in [-0.2, -0.15) is 0 Å². The molecule has 116 valence electrons. The van der Waals surface area contributed by atoms with Gasteiger partial charge in [-0.25, -0.2) is 4.79 Å². The molecular weight excluding hydrogens is 288 g/mol. The monoisotopic (exact) mass is 310 g/mol. The average molecular weight is 311 g/mol. The predicted octanol–water partition coefficient (Wildman–Crippen LogP) is 4.14. The molecule has 0 aliphatic heterocycles. The van der Waals surface area contributed by atoms with E-state index in [9.17, 15) is 4.79 Å². The van der Waals surface area contributed by atoms with Gasteiger partial charge in [-0.1, -0.05) is 31.5 Å². The molecule has 21 heavy (non-hydrogen) atoms. The number of amides is 1. The summed E-state index contributed by atoms with van der Waals surface area (Å²) in [5.74, 6) is 0.311. The van der Waals surface area contributed by atoms with Crippen molar-refractivity contribution in [2.75, 3.05) is 5.32 Å². The van der Waals surface area contributed by atoms with Crippen LogP contribution in [-0.2, 0) is 4.74 Å². The molecule has 1 amide bonds. The first-order valence-electron chi connectivity index (χ1n) is 7.07. The second-order valence-electron chi connectivity index (χ2n) is 7.19. The number of nitrogens with one attached hydrogen (secondary N) is 1. The Hall–Kier alpha value is -1.26. The fourth-order valence-electron chi connectivity index (χ4n) is 2.55. The SMILES string of the molecule is CC(C)(C)OC(=O)Nc1ccc([C@H]2[C@H](N)C2(C)C)cc1Cl. The number of ether oxygens (including phenoxy) is 1. The highest BCUT2D eigenvalue weighted by Gasteiger charge is 2.56. The average Bonchev–Trinajstić information content (AvgIpc) is 2.78. The maximum absolute atomic E-state index is 11.8. The molecule has 0 saturated heterocycles. The fourth-order valence-corrected chi connectivity index (χ4v) is 2.79. The molecule has 1 fully saturated rings. The van der Waals surface area contributed by atoms with Gasteiger partial charge in [0, 0.05) is 12.0 Å². The lowest BCUT2D eigenvalue weighted by atomic mass is 10.0. The van der Waals surface area contributed by atoms with E-state index in [0.717, 1.165) is 5.56 Å². The summed E-state index contributed by atoms with van der Waals surface area (Å²) in [6.45, 7) is 9.72. The first-order chi connectivity index (χ1) is 9.52. The molecule has 0 spiro atoms. The van der Waals surface area contributed by atoms with Gasteiger partial charge in [-0.3, -0.25) is 5.32 Å². The second kappa shape index (κ2) is 5.18. The highest BCUT2D eigenvalue weighted by Crippen LogP contribution is 2.57. The van der Waals surface area contributed by atoms with Crippen LogP contribution in [0.2, 0.25) is 5.02 Å². The molecular formula is C16H23ClN2O2. The van der Waals surface area contributed by atoms with E-state index in [4.69, 9.17) is 22.1 Å². The first-order valence-corrected chi connectivity index (χ1v) is 7.45. The zero-order valence-corrected chi connectivity index (χ0v) is 13.9. The second-order valence-corrected chi connectivity index (χ2v) is 7.60. The Labute approximate surface area is 131 Å². The summed E-state index contributed by atoms with van der Waals surface area (Å²) in [7, 11) is 0. The molecule has 2 rings (SSSR count). The van der Waals surface area contributed by atoms with Crippen molar-refractivity contribution >= 4 is 23.4 Å². The Morgan fingerprint density at radius 2 is 1.95 bits per heavy atom. The van der Waals surface area contributed by atoms with E-state index in [0.29, 0.717) is 16.6 Å². The Bertz CT molecular complexity index is 564. The number of carbonyl (C=O) groups excluding carboxylic acids is 1. The summed E-state index contributed by atoms with van der Waals surface area (Å²) < 4.78 is 5.21. The molecule has 0 bridgehead atoms. The standard InChI is InChI=1S/C16H23ClN2O2/c1-15(2,3)21-14(20)19-11-7-6-9(8-10(11)17)12-13(18)16(12,4)5/h6-8,12-13H,18H2,1-5H3,(H,19,20)/t12-,13-/m0/s1. The van der Waals surface area contributed by atoms with Crippen LogP contribution in [0.1, 0.15) is 46.1 Å². The van der Waals surface area contributed by atoms with E-state index in [-0.39, 0.29) is 11.5 Å². The molecule has 0 heterocycles. The van der Waals surface area contributed by atoms with Crippen molar-refractivity contribution in [3.8, 4) is 0 Å². The van der Waals surface area contributed by atoms with Crippen molar-refractivity contribution < 1.29 is 9.53 Å². The molecule has 1 aromatic rings. The van der Waals surface area contributed by atoms with E-state index in [1.54, 1.807) is 6.07 Å². The van der Waals surface area contributed by atoms with Gasteiger partial charge in [0.1, 0.15) is 5.60 Å². The predicted molar refractivity (Wildman–Crippen MR) is 85.8 cm³/mol. The minimum absolute atomic E-state index is 0.101. The van der Waals surface area contributed by atoms with Crippen LogP contribution in [0.3, 0.4) is 0 Å². The van der Waals surface area contributed by atoms with Crippen molar-refractivity contribution in [3.63, 3.8) is 0 Å². The molecule has 2 atom stereocenters. The molecule has 1 aromatic carbocycles. The Kier molecular flexibility index (Phi) is 3.98. The summed E-state index contributed by atoms with van der Waals surface area (Å²) in [6.07, 6.45) is -0.513. The molecule has 0 aromatic heterocycles.